The summed E-state index contributed by atoms with van der Waals surface area (Å²) in [5, 5.41) is 7.44. The molecule has 0 radical (unpaired) electrons. The van der Waals surface area contributed by atoms with Gasteiger partial charge in [0.1, 0.15) is 5.76 Å². The fraction of sp³-hybridized carbons (Fsp3) is 0.316. The summed E-state index contributed by atoms with van der Waals surface area (Å²) in [5.74, 6) is 0.864. The Kier molecular flexibility index (Phi) is 4.79. The van der Waals surface area contributed by atoms with Crippen molar-refractivity contribution in [2.24, 2.45) is 0 Å². The molecular formula is C19H21N5O2. The fourth-order valence-electron chi connectivity index (χ4n) is 3.37. The van der Waals surface area contributed by atoms with Crippen molar-refractivity contribution in [2.45, 2.75) is 25.6 Å². The maximum atomic E-state index is 12.2. The lowest BCUT2D eigenvalue weighted by atomic mass is 10.1. The second-order valence-corrected chi connectivity index (χ2v) is 6.46. The third-order valence-electron chi connectivity index (χ3n) is 4.60. The molecule has 4 heterocycles. The van der Waals surface area contributed by atoms with Crippen molar-refractivity contribution in [3.63, 3.8) is 0 Å². The molecule has 0 saturated heterocycles. The van der Waals surface area contributed by atoms with Crippen molar-refractivity contribution in [2.75, 3.05) is 13.1 Å². The lowest BCUT2D eigenvalue weighted by Crippen LogP contribution is -2.38. The smallest absolute Gasteiger partial charge is 0.252 e. The number of aromatic nitrogens is 3. The highest BCUT2D eigenvalue weighted by molar-refractivity contribution is 5.93. The van der Waals surface area contributed by atoms with Gasteiger partial charge in [0.15, 0.2) is 0 Å². The van der Waals surface area contributed by atoms with Crippen LogP contribution < -0.4 is 5.32 Å². The molecule has 0 aromatic carbocycles. The Hall–Kier alpha value is -2.93. The molecule has 1 aliphatic heterocycles. The van der Waals surface area contributed by atoms with Crippen LogP contribution in [0.3, 0.4) is 0 Å². The van der Waals surface area contributed by atoms with Gasteiger partial charge >= 0.3 is 0 Å². The van der Waals surface area contributed by atoms with E-state index in [1.165, 1.54) is 5.69 Å². The summed E-state index contributed by atoms with van der Waals surface area (Å²) < 4.78 is 7.55. The molecule has 3 aromatic heterocycles. The number of rotatable bonds is 6. The predicted octanol–water partition coefficient (Wildman–Crippen LogP) is 2.25. The molecule has 0 fully saturated rings. The number of hydrogen-bond acceptors (Lipinski definition) is 5. The van der Waals surface area contributed by atoms with E-state index in [0.29, 0.717) is 12.1 Å². The highest BCUT2D eigenvalue weighted by Crippen LogP contribution is 2.24. The molecule has 134 valence electrons. The van der Waals surface area contributed by atoms with Crippen molar-refractivity contribution in [1.82, 2.24) is 25.0 Å². The highest BCUT2D eigenvalue weighted by atomic mass is 16.3. The second-order valence-electron chi connectivity index (χ2n) is 6.46. The summed E-state index contributed by atoms with van der Waals surface area (Å²) in [6.07, 6.45) is 7.59. The minimum atomic E-state index is -0.0953. The topological polar surface area (TPSA) is 76.2 Å². The van der Waals surface area contributed by atoms with Gasteiger partial charge in [-0.2, -0.15) is 5.10 Å². The Bertz CT molecular complexity index is 844. The standard InChI is InChI=1S/C19H21N5O2/c25-19(15-3-1-7-20-11-15)21-8-5-16-12-23(14-18-4-2-10-26-18)13-17-6-9-22-24(16)17/h1-4,6-7,9-11,16H,5,8,12-14H2,(H,21,25). The molecule has 1 N–H and O–H groups in total. The number of amides is 1. The van der Waals surface area contributed by atoms with Crippen LogP contribution in [-0.2, 0) is 13.1 Å². The zero-order valence-corrected chi connectivity index (χ0v) is 14.4. The van der Waals surface area contributed by atoms with E-state index in [0.717, 1.165) is 31.8 Å². The first-order chi connectivity index (χ1) is 12.8. The van der Waals surface area contributed by atoms with Gasteiger partial charge in [0.2, 0.25) is 0 Å². The molecule has 0 bridgehead atoms. The summed E-state index contributed by atoms with van der Waals surface area (Å²) in [7, 11) is 0. The maximum absolute atomic E-state index is 12.2. The minimum absolute atomic E-state index is 0.0953. The monoisotopic (exact) mass is 351 g/mol. The van der Waals surface area contributed by atoms with E-state index in [2.05, 4.69) is 31.0 Å². The van der Waals surface area contributed by atoms with E-state index in [-0.39, 0.29) is 11.9 Å². The van der Waals surface area contributed by atoms with E-state index in [1.807, 2.05) is 18.3 Å². The Balaban J connectivity index is 1.37. The third kappa shape index (κ3) is 3.67. The molecule has 4 rings (SSSR count). The first kappa shape index (κ1) is 16.5. The molecule has 3 aromatic rings. The van der Waals surface area contributed by atoms with Crippen LogP contribution in [0.25, 0.3) is 0 Å². The number of carbonyl (C=O) groups excluding carboxylic acids is 1. The molecule has 0 spiro atoms. The highest BCUT2D eigenvalue weighted by Gasteiger charge is 2.25. The molecule has 1 unspecified atom stereocenters. The van der Waals surface area contributed by atoms with Crippen LogP contribution in [0.15, 0.2) is 59.6 Å². The molecule has 1 aliphatic rings. The lowest BCUT2D eigenvalue weighted by Gasteiger charge is -2.33. The normalized spacial score (nSPS) is 17.0. The van der Waals surface area contributed by atoms with Gasteiger partial charge in [-0.15, -0.1) is 0 Å². The Morgan fingerprint density at radius 3 is 3.04 bits per heavy atom. The van der Waals surface area contributed by atoms with Crippen LogP contribution in [0, 0.1) is 0 Å². The SMILES string of the molecule is O=C(NCCC1CN(Cc2ccco2)Cc2ccnn21)c1cccnc1. The molecule has 1 atom stereocenters. The number of nitrogens with zero attached hydrogens (tertiary/aromatic N) is 4. The van der Waals surface area contributed by atoms with Gasteiger partial charge in [-0.3, -0.25) is 19.4 Å². The summed E-state index contributed by atoms with van der Waals surface area (Å²) in [6, 6.07) is 9.70. The summed E-state index contributed by atoms with van der Waals surface area (Å²) in [6.45, 7) is 3.08. The van der Waals surface area contributed by atoms with Crippen molar-refractivity contribution in [1.29, 1.82) is 0 Å². The van der Waals surface area contributed by atoms with Crippen LogP contribution in [0.5, 0.6) is 0 Å². The first-order valence-electron chi connectivity index (χ1n) is 8.75. The molecule has 0 saturated carbocycles. The van der Waals surface area contributed by atoms with Gasteiger partial charge in [0, 0.05) is 38.2 Å². The summed E-state index contributed by atoms with van der Waals surface area (Å²) in [5.41, 5.74) is 1.77. The van der Waals surface area contributed by atoms with E-state index in [4.69, 9.17) is 4.42 Å². The quantitative estimate of drug-likeness (QED) is 0.737. The number of fused-ring (bicyclic) bond motifs is 1. The van der Waals surface area contributed by atoms with E-state index in [1.54, 1.807) is 30.8 Å². The number of hydrogen-bond donors (Lipinski definition) is 1. The van der Waals surface area contributed by atoms with Crippen molar-refractivity contribution in [3.05, 3.63) is 72.2 Å². The fourth-order valence-corrected chi connectivity index (χ4v) is 3.37. The summed E-state index contributed by atoms with van der Waals surface area (Å²) in [4.78, 5) is 18.5. The van der Waals surface area contributed by atoms with Gasteiger partial charge in [0.05, 0.1) is 30.1 Å². The Morgan fingerprint density at radius 1 is 1.27 bits per heavy atom. The molecule has 7 heteroatoms. The van der Waals surface area contributed by atoms with Gasteiger partial charge in [0.25, 0.3) is 5.91 Å². The molecule has 1 amide bonds. The van der Waals surface area contributed by atoms with Gasteiger partial charge in [-0.25, -0.2) is 0 Å². The molecule has 26 heavy (non-hydrogen) atoms. The van der Waals surface area contributed by atoms with Crippen molar-refractivity contribution >= 4 is 5.91 Å². The van der Waals surface area contributed by atoms with Crippen LogP contribution in [0.1, 0.15) is 34.3 Å². The van der Waals surface area contributed by atoms with Crippen LogP contribution in [-0.4, -0.2) is 38.7 Å². The molecular weight excluding hydrogens is 330 g/mol. The maximum Gasteiger partial charge on any atom is 0.252 e. The Labute approximate surface area is 151 Å². The zero-order valence-electron chi connectivity index (χ0n) is 14.4. The van der Waals surface area contributed by atoms with E-state index < -0.39 is 0 Å². The van der Waals surface area contributed by atoms with Gasteiger partial charge in [-0.1, -0.05) is 0 Å². The number of nitrogens with one attached hydrogen (secondary N) is 1. The third-order valence-corrected chi connectivity index (χ3v) is 4.60. The predicted molar refractivity (Wildman–Crippen MR) is 95.3 cm³/mol. The number of carbonyl (C=O) groups is 1. The second kappa shape index (κ2) is 7.53. The van der Waals surface area contributed by atoms with Gasteiger partial charge in [-0.05, 0) is 36.8 Å². The number of pyridine rings is 1. The van der Waals surface area contributed by atoms with Crippen LogP contribution in [0.4, 0.5) is 0 Å². The molecule has 0 aliphatic carbocycles. The summed E-state index contributed by atoms with van der Waals surface area (Å²) >= 11 is 0. The van der Waals surface area contributed by atoms with Crippen LogP contribution in [0.2, 0.25) is 0 Å². The van der Waals surface area contributed by atoms with Crippen molar-refractivity contribution < 1.29 is 9.21 Å². The average Bonchev–Trinajstić information content (AvgIpc) is 3.34. The van der Waals surface area contributed by atoms with Crippen molar-refractivity contribution in [3.8, 4) is 0 Å². The zero-order chi connectivity index (χ0) is 17.8. The van der Waals surface area contributed by atoms with Gasteiger partial charge < -0.3 is 9.73 Å². The lowest BCUT2D eigenvalue weighted by molar-refractivity contribution is 0.0946. The van der Waals surface area contributed by atoms with Crippen LogP contribution >= 0.6 is 0 Å². The largest absolute Gasteiger partial charge is 0.468 e. The first-order valence-corrected chi connectivity index (χ1v) is 8.75. The minimum Gasteiger partial charge on any atom is -0.468 e. The number of furan rings is 1. The van der Waals surface area contributed by atoms with E-state index >= 15 is 0 Å². The van der Waals surface area contributed by atoms with E-state index in [9.17, 15) is 4.79 Å². The Morgan fingerprint density at radius 2 is 2.23 bits per heavy atom. The molecule has 7 nitrogen and oxygen atoms in total. The average molecular weight is 351 g/mol.